The van der Waals surface area contributed by atoms with Crippen molar-refractivity contribution < 1.29 is 4.79 Å². The first-order valence-electron chi connectivity index (χ1n) is 7.01. The van der Waals surface area contributed by atoms with Crippen LogP contribution in [0, 0.1) is 19.3 Å². The number of carbonyl (C=O) groups is 1. The second kappa shape index (κ2) is 9.93. The Morgan fingerprint density at radius 1 is 1.23 bits per heavy atom. The summed E-state index contributed by atoms with van der Waals surface area (Å²) in [7, 11) is 1.83. The zero-order chi connectivity index (χ0) is 15.3. The molecule has 0 aliphatic heterocycles. The fraction of sp³-hybridized carbons (Fsp3) is 0.562. The molecule has 0 aromatic heterocycles. The second-order valence-electron chi connectivity index (χ2n) is 6.24. The molecule has 0 spiro atoms. The summed E-state index contributed by atoms with van der Waals surface area (Å²) in [6.07, 6.45) is 0. The predicted octanol–water partition coefficient (Wildman–Crippen LogP) is 3.00. The molecular weight excluding hydrogens is 321 g/mol. The highest BCUT2D eigenvalue weighted by atomic mass is 35.5. The first-order chi connectivity index (χ1) is 9.26. The van der Waals surface area contributed by atoms with E-state index in [2.05, 4.69) is 19.2 Å². The summed E-state index contributed by atoms with van der Waals surface area (Å²) in [6.45, 7) is 9.75. The van der Waals surface area contributed by atoms with Gasteiger partial charge in [0.25, 0.3) is 0 Å². The molecule has 22 heavy (non-hydrogen) atoms. The summed E-state index contributed by atoms with van der Waals surface area (Å²) >= 11 is 0. The molecule has 0 radical (unpaired) electrons. The number of carbonyl (C=O) groups excluding carboxylic acids is 1. The van der Waals surface area contributed by atoms with Gasteiger partial charge in [-0.05, 0) is 36.9 Å². The van der Waals surface area contributed by atoms with Crippen LogP contribution in [0.25, 0.3) is 0 Å². The van der Waals surface area contributed by atoms with Gasteiger partial charge in [0.2, 0.25) is 5.91 Å². The van der Waals surface area contributed by atoms with Gasteiger partial charge in [0.05, 0.1) is 6.54 Å². The van der Waals surface area contributed by atoms with E-state index >= 15 is 0 Å². The molecule has 1 rings (SSSR count). The summed E-state index contributed by atoms with van der Waals surface area (Å²) in [5.74, 6) is 0.0779. The lowest BCUT2D eigenvalue weighted by Crippen LogP contribution is -2.41. The number of para-hydroxylation sites is 1. The number of benzene rings is 1. The molecule has 128 valence electrons. The molecule has 0 unspecified atom stereocenters. The molecule has 0 heterocycles. The molecule has 1 amide bonds. The summed E-state index contributed by atoms with van der Waals surface area (Å²) in [6, 6.07) is 6.11. The van der Waals surface area contributed by atoms with Crippen molar-refractivity contribution in [2.24, 2.45) is 11.1 Å². The highest BCUT2D eigenvalue weighted by molar-refractivity contribution is 5.85. The highest BCUT2D eigenvalue weighted by Crippen LogP contribution is 2.19. The van der Waals surface area contributed by atoms with Gasteiger partial charge in [-0.15, -0.1) is 24.8 Å². The van der Waals surface area contributed by atoms with Crippen LogP contribution in [-0.2, 0) is 4.79 Å². The summed E-state index contributed by atoms with van der Waals surface area (Å²) < 4.78 is 0. The van der Waals surface area contributed by atoms with Crippen LogP contribution in [0.2, 0.25) is 0 Å². The minimum Gasteiger partial charge on any atom is -0.376 e. The zero-order valence-corrected chi connectivity index (χ0v) is 15.7. The lowest BCUT2D eigenvalue weighted by Gasteiger charge is -2.29. The van der Waals surface area contributed by atoms with Crippen molar-refractivity contribution in [3.63, 3.8) is 0 Å². The number of nitrogens with two attached hydrogens (primary N) is 1. The Morgan fingerprint density at radius 3 is 2.18 bits per heavy atom. The number of hydrogen-bond donors (Lipinski definition) is 2. The maximum absolute atomic E-state index is 12.2. The first kappa shape index (κ1) is 23.3. The van der Waals surface area contributed by atoms with Crippen LogP contribution in [0.5, 0.6) is 0 Å². The topological polar surface area (TPSA) is 58.4 Å². The van der Waals surface area contributed by atoms with E-state index in [0.29, 0.717) is 19.6 Å². The Labute approximate surface area is 146 Å². The van der Waals surface area contributed by atoms with Crippen LogP contribution < -0.4 is 11.1 Å². The Balaban J connectivity index is 0. The van der Waals surface area contributed by atoms with Crippen molar-refractivity contribution in [3.05, 3.63) is 29.3 Å². The van der Waals surface area contributed by atoms with Crippen molar-refractivity contribution in [3.8, 4) is 0 Å². The van der Waals surface area contributed by atoms with Gasteiger partial charge < -0.3 is 16.0 Å². The maximum atomic E-state index is 12.2. The van der Waals surface area contributed by atoms with Gasteiger partial charge >= 0.3 is 0 Å². The number of nitrogens with zero attached hydrogens (tertiary/aromatic N) is 1. The van der Waals surface area contributed by atoms with E-state index in [1.807, 2.05) is 39.1 Å². The normalized spacial score (nSPS) is 10.3. The van der Waals surface area contributed by atoms with E-state index in [0.717, 1.165) is 16.8 Å². The van der Waals surface area contributed by atoms with Crippen molar-refractivity contribution in [2.75, 3.05) is 32.0 Å². The Kier molecular flexibility index (Phi) is 10.5. The minimum atomic E-state index is -0.0526. The first-order valence-corrected chi connectivity index (χ1v) is 7.01. The summed E-state index contributed by atoms with van der Waals surface area (Å²) in [4.78, 5) is 13.9. The van der Waals surface area contributed by atoms with E-state index in [1.54, 1.807) is 4.90 Å². The van der Waals surface area contributed by atoms with Gasteiger partial charge in [-0.3, -0.25) is 4.79 Å². The smallest absolute Gasteiger partial charge is 0.241 e. The van der Waals surface area contributed by atoms with E-state index in [4.69, 9.17) is 5.73 Å². The third-order valence-electron chi connectivity index (χ3n) is 3.54. The molecule has 0 bridgehead atoms. The van der Waals surface area contributed by atoms with Crippen molar-refractivity contribution in [2.45, 2.75) is 27.7 Å². The molecule has 0 atom stereocenters. The summed E-state index contributed by atoms with van der Waals surface area (Å²) in [5.41, 5.74) is 9.01. The molecule has 1 aromatic rings. The summed E-state index contributed by atoms with van der Waals surface area (Å²) in [5, 5.41) is 3.24. The largest absolute Gasteiger partial charge is 0.376 e. The van der Waals surface area contributed by atoms with Crippen LogP contribution in [0.3, 0.4) is 0 Å². The molecule has 0 aliphatic rings. The number of hydrogen-bond acceptors (Lipinski definition) is 3. The molecule has 0 aliphatic carbocycles. The second-order valence-corrected chi connectivity index (χ2v) is 6.24. The average Bonchev–Trinajstić information content (AvgIpc) is 2.37. The fourth-order valence-corrected chi connectivity index (χ4v) is 2.19. The van der Waals surface area contributed by atoms with Crippen LogP contribution >= 0.6 is 24.8 Å². The molecular formula is C16H29Cl2N3O. The lowest BCUT2D eigenvalue weighted by atomic mass is 9.93. The predicted molar refractivity (Wildman–Crippen MR) is 99.4 cm³/mol. The molecule has 4 nitrogen and oxygen atoms in total. The lowest BCUT2D eigenvalue weighted by molar-refractivity contribution is -0.129. The fourth-order valence-electron chi connectivity index (χ4n) is 2.19. The van der Waals surface area contributed by atoms with E-state index < -0.39 is 0 Å². The molecule has 3 N–H and O–H groups in total. The van der Waals surface area contributed by atoms with Crippen molar-refractivity contribution >= 4 is 36.4 Å². The standard InChI is InChI=1S/C16H27N3O.2ClH/c1-12-7-6-8-13(2)15(12)18-9-14(20)19(5)11-16(3,4)10-17;;/h6-8,18H,9-11,17H2,1-5H3;2*1H. The van der Waals surface area contributed by atoms with E-state index in [9.17, 15) is 4.79 Å². The third-order valence-corrected chi connectivity index (χ3v) is 3.54. The number of anilines is 1. The minimum absolute atomic E-state index is 0. The monoisotopic (exact) mass is 349 g/mol. The number of rotatable bonds is 6. The Bertz CT molecular complexity index is 458. The molecule has 0 saturated heterocycles. The van der Waals surface area contributed by atoms with Crippen LogP contribution in [-0.4, -0.2) is 37.5 Å². The van der Waals surface area contributed by atoms with Crippen molar-refractivity contribution in [1.82, 2.24) is 4.90 Å². The molecule has 0 saturated carbocycles. The van der Waals surface area contributed by atoms with Crippen LogP contribution in [0.15, 0.2) is 18.2 Å². The quantitative estimate of drug-likeness (QED) is 0.829. The van der Waals surface area contributed by atoms with Gasteiger partial charge in [0.15, 0.2) is 0 Å². The van der Waals surface area contributed by atoms with Crippen molar-refractivity contribution in [1.29, 1.82) is 0 Å². The van der Waals surface area contributed by atoms with E-state index in [1.165, 1.54) is 0 Å². The number of amides is 1. The molecule has 0 fully saturated rings. The third kappa shape index (κ3) is 6.86. The highest BCUT2D eigenvalue weighted by Gasteiger charge is 2.21. The Morgan fingerprint density at radius 2 is 1.73 bits per heavy atom. The molecule has 6 heteroatoms. The van der Waals surface area contributed by atoms with E-state index in [-0.39, 0.29) is 36.1 Å². The number of halogens is 2. The average molecular weight is 350 g/mol. The Hall–Kier alpha value is -0.970. The van der Waals surface area contributed by atoms with Gasteiger partial charge in [0, 0.05) is 19.3 Å². The van der Waals surface area contributed by atoms with Gasteiger partial charge in [-0.25, -0.2) is 0 Å². The van der Waals surface area contributed by atoms with Crippen LogP contribution in [0.1, 0.15) is 25.0 Å². The van der Waals surface area contributed by atoms with Gasteiger partial charge in [-0.1, -0.05) is 32.0 Å². The number of nitrogens with one attached hydrogen (secondary N) is 1. The van der Waals surface area contributed by atoms with Crippen LogP contribution in [0.4, 0.5) is 5.69 Å². The number of likely N-dealkylation sites (N-methyl/N-ethyl adjacent to an activating group) is 1. The zero-order valence-electron chi connectivity index (χ0n) is 14.1. The van der Waals surface area contributed by atoms with Gasteiger partial charge in [0.1, 0.15) is 0 Å². The number of aryl methyl sites for hydroxylation is 2. The molecule has 1 aromatic carbocycles. The SMILES string of the molecule is Cc1cccc(C)c1NCC(=O)N(C)CC(C)(C)CN.Cl.Cl. The maximum Gasteiger partial charge on any atom is 0.241 e. The van der Waals surface area contributed by atoms with Gasteiger partial charge in [-0.2, -0.15) is 0 Å².